The van der Waals surface area contributed by atoms with Crippen LogP contribution in [0.5, 0.6) is 0 Å². The monoisotopic (exact) mass is 341 g/mol. The van der Waals surface area contributed by atoms with E-state index in [1.54, 1.807) is 24.4 Å². The Kier molecular flexibility index (Phi) is 3.67. The van der Waals surface area contributed by atoms with Gasteiger partial charge >= 0.3 is 0 Å². The Morgan fingerprint density at radius 2 is 1.81 bits per heavy atom. The molecule has 108 valence electrons. The molecule has 0 radical (unpaired) electrons. The number of hydrogen-bond donors (Lipinski definition) is 2. The van der Waals surface area contributed by atoms with Gasteiger partial charge < -0.3 is 11.5 Å². The van der Waals surface area contributed by atoms with Gasteiger partial charge in [-0.1, -0.05) is 34.8 Å². The summed E-state index contributed by atoms with van der Waals surface area (Å²) in [6.45, 7) is 0.180. The molecule has 0 aliphatic heterocycles. The number of nitrogen functional groups attached to an aromatic ring is 1. The zero-order valence-electron chi connectivity index (χ0n) is 10.6. The fraction of sp³-hybridized carbons (Fsp3) is 0.0769. The summed E-state index contributed by atoms with van der Waals surface area (Å²) in [6.07, 6.45) is 1.61. The van der Waals surface area contributed by atoms with Crippen LogP contribution in [0, 0.1) is 0 Å². The summed E-state index contributed by atoms with van der Waals surface area (Å²) in [4.78, 5) is 4.52. The second-order valence-corrected chi connectivity index (χ2v) is 5.62. The average Bonchev–Trinajstić information content (AvgIpc) is 2.86. The molecule has 3 aromatic rings. The molecular weight excluding hydrogens is 333 g/mol. The van der Waals surface area contributed by atoms with E-state index in [2.05, 4.69) is 10.1 Å². The van der Waals surface area contributed by atoms with E-state index in [1.807, 2.05) is 0 Å². The molecule has 0 spiro atoms. The summed E-state index contributed by atoms with van der Waals surface area (Å²) < 4.78 is 1.52. The van der Waals surface area contributed by atoms with Crippen molar-refractivity contribution >= 4 is 46.3 Å². The first kappa shape index (κ1) is 14.4. The second kappa shape index (κ2) is 5.35. The Labute approximate surface area is 135 Å². The van der Waals surface area contributed by atoms with E-state index in [0.29, 0.717) is 43.4 Å². The number of aromatic nitrogens is 3. The summed E-state index contributed by atoms with van der Waals surface area (Å²) in [5.74, 6) is 0.407. The molecule has 5 nitrogen and oxygen atoms in total. The zero-order valence-corrected chi connectivity index (χ0v) is 12.9. The lowest BCUT2D eigenvalue weighted by Gasteiger charge is -2.14. The Bertz CT molecular complexity index is 820. The molecule has 0 unspecified atom stereocenters. The number of benzene rings is 1. The molecule has 2 heterocycles. The molecule has 0 aliphatic carbocycles. The minimum absolute atomic E-state index is 0.180. The Morgan fingerprint density at radius 1 is 1.14 bits per heavy atom. The second-order valence-electron chi connectivity index (χ2n) is 4.37. The van der Waals surface area contributed by atoms with E-state index in [9.17, 15) is 0 Å². The van der Waals surface area contributed by atoms with Crippen molar-refractivity contribution in [2.75, 3.05) is 5.73 Å². The highest BCUT2D eigenvalue weighted by Gasteiger charge is 2.19. The molecule has 2 aromatic heterocycles. The number of nitrogens with two attached hydrogens (primary N) is 2. The summed E-state index contributed by atoms with van der Waals surface area (Å²) in [5, 5.41) is 5.33. The van der Waals surface area contributed by atoms with Gasteiger partial charge in [-0.3, -0.25) is 0 Å². The van der Waals surface area contributed by atoms with Gasteiger partial charge in [0.15, 0.2) is 5.65 Å². The van der Waals surface area contributed by atoms with E-state index < -0.39 is 0 Å². The molecular formula is C13H10Cl3N5. The highest BCUT2D eigenvalue weighted by Crippen LogP contribution is 2.39. The molecule has 0 atom stereocenters. The molecule has 0 amide bonds. The topological polar surface area (TPSA) is 82.2 Å². The maximum atomic E-state index is 6.26. The standard InChI is InChI=1S/C13H10Cl3N5/c14-6-3-8(15)11(9(16)4-6)12-7(5-17)13(18)21-10(20-12)1-2-19-21/h1-4H,5,17-18H2. The third kappa shape index (κ3) is 2.32. The summed E-state index contributed by atoms with van der Waals surface area (Å²) in [6, 6.07) is 4.93. The Balaban J connectivity index is 2.39. The third-order valence-corrected chi connectivity index (χ3v) is 3.93. The quantitative estimate of drug-likeness (QED) is 0.748. The summed E-state index contributed by atoms with van der Waals surface area (Å²) >= 11 is 18.5. The van der Waals surface area contributed by atoms with Crippen molar-refractivity contribution in [3.05, 3.63) is 45.0 Å². The number of anilines is 1. The molecule has 0 fully saturated rings. The fourth-order valence-electron chi connectivity index (χ4n) is 2.17. The zero-order chi connectivity index (χ0) is 15.1. The molecule has 0 saturated heterocycles. The van der Waals surface area contributed by atoms with Gasteiger partial charge in [-0.15, -0.1) is 0 Å². The molecule has 21 heavy (non-hydrogen) atoms. The maximum Gasteiger partial charge on any atom is 0.157 e. The first-order valence-corrected chi connectivity index (χ1v) is 7.13. The Morgan fingerprint density at radius 3 is 2.43 bits per heavy atom. The van der Waals surface area contributed by atoms with Crippen molar-refractivity contribution < 1.29 is 0 Å². The lowest BCUT2D eigenvalue weighted by molar-refractivity contribution is 0.920. The van der Waals surface area contributed by atoms with E-state index >= 15 is 0 Å². The van der Waals surface area contributed by atoms with Crippen LogP contribution in [0.15, 0.2) is 24.4 Å². The largest absolute Gasteiger partial charge is 0.383 e. The highest BCUT2D eigenvalue weighted by atomic mass is 35.5. The van der Waals surface area contributed by atoms with Gasteiger partial charge in [0.05, 0.1) is 21.9 Å². The SMILES string of the molecule is NCc1c(-c2c(Cl)cc(Cl)cc2Cl)nc2ccnn2c1N. The number of hydrogen-bond acceptors (Lipinski definition) is 4. The number of rotatable bonds is 2. The molecule has 0 aliphatic rings. The van der Waals surface area contributed by atoms with E-state index in [1.165, 1.54) is 4.52 Å². The van der Waals surface area contributed by atoms with Gasteiger partial charge in [0, 0.05) is 28.8 Å². The van der Waals surface area contributed by atoms with E-state index in [0.717, 1.165) is 0 Å². The normalized spacial score (nSPS) is 11.2. The highest BCUT2D eigenvalue weighted by molar-refractivity contribution is 6.41. The van der Waals surface area contributed by atoms with Crippen molar-refractivity contribution in [3.8, 4) is 11.3 Å². The van der Waals surface area contributed by atoms with Crippen molar-refractivity contribution in [1.82, 2.24) is 14.6 Å². The van der Waals surface area contributed by atoms with Gasteiger partial charge in [0.1, 0.15) is 5.82 Å². The Hall–Kier alpha value is -1.53. The van der Waals surface area contributed by atoms with Gasteiger partial charge in [0.2, 0.25) is 0 Å². The van der Waals surface area contributed by atoms with Crippen molar-refractivity contribution in [3.63, 3.8) is 0 Å². The van der Waals surface area contributed by atoms with Crippen LogP contribution in [-0.2, 0) is 6.54 Å². The number of fused-ring (bicyclic) bond motifs is 1. The molecule has 1 aromatic carbocycles. The predicted molar refractivity (Wildman–Crippen MR) is 85.8 cm³/mol. The number of nitrogens with zero attached hydrogens (tertiary/aromatic N) is 3. The minimum Gasteiger partial charge on any atom is -0.383 e. The first-order chi connectivity index (χ1) is 10.0. The van der Waals surface area contributed by atoms with Crippen LogP contribution in [0.2, 0.25) is 15.1 Å². The van der Waals surface area contributed by atoms with Gasteiger partial charge in [-0.05, 0) is 12.1 Å². The maximum absolute atomic E-state index is 6.26. The molecule has 4 N–H and O–H groups in total. The minimum atomic E-state index is 0.180. The third-order valence-electron chi connectivity index (χ3n) is 3.12. The van der Waals surface area contributed by atoms with Gasteiger partial charge in [-0.25, -0.2) is 4.98 Å². The van der Waals surface area contributed by atoms with Crippen LogP contribution in [0.3, 0.4) is 0 Å². The molecule has 0 saturated carbocycles. The van der Waals surface area contributed by atoms with Gasteiger partial charge in [-0.2, -0.15) is 9.61 Å². The van der Waals surface area contributed by atoms with Crippen LogP contribution in [-0.4, -0.2) is 14.6 Å². The molecule has 3 rings (SSSR count). The van der Waals surface area contributed by atoms with Crippen LogP contribution < -0.4 is 11.5 Å². The first-order valence-electron chi connectivity index (χ1n) is 6.00. The molecule has 0 bridgehead atoms. The van der Waals surface area contributed by atoms with Crippen LogP contribution in [0.25, 0.3) is 16.9 Å². The van der Waals surface area contributed by atoms with Crippen molar-refractivity contribution in [2.45, 2.75) is 6.54 Å². The van der Waals surface area contributed by atoms with E-state index in [-0.39, 0.29) is 6.54 Å². The predicted octanol–water partition coefficient (Wildman–Crippen LogP) is 3.40. The fourth-order valence-corrected chi connectivity index (χ4v) is 3.17. The summed E-state index contributed by atoms with van der Waals surface area (Å²) in [7, 11) is 0. The molecule has 8 heteroatoms. The van der Waals surface area contributed by atoms with Crippen LogP contribution in [0.1, 0.15) is 5.56 Å². The van der Waals surface area contributed by atoms with Crippen LogP contribution >= 0.6 is 34.8 Å². The lowest BCUT2D eigenvalue weighted by atomic mass is 10.1. The van der Waals surface area contributed by atoms with E-state index in [4.69, 9.17) is 46.3 Å². The van der Waals surface area contributed by atoms with Crippen LogP contribution in [0.4, 0.5) is 5.82 Å². The lowest BCUT2D eigenvalue weighted by Crippen LogP contribution is -2.11. The average molecular weight is 343 g/mol. The summed E-state index contributed by atoms with van der Waals surface area (Å²) in [5.41, 5.74) is 14.2. The smallest absolute Gasteiger partial charge is 0.157 e. The van der Waals surface area contributed by atoms with Gasteiger partial charge in [0.25, 0.3) is 0 Å². The number of halogens is 3. The van der Waals surface area contributed by atoms with Crippen molar-refractivity contribution in [2.24, 2.45) is 5.73 Å². The van der Waals surface area contributed by atoms with Crippen molar-refractivity contribution in [1.29, 1.82) is 0 Å².